The van der Waals surface area contributed by atoms with Gasteiger partial charge in [0.15, 0.2) is 0 Å². The second-order valence-corrected chi connectivity index (χ2v) is 4.26. The molecule has 2 aromatic carbocycles. The van der Waals surface area contributed by atoms with E-state index in [0.717, 1.165) is 5.56 Å². The molecule has 0 spiro atoms. The number of benzene rings is 2. The summed E-state index contributed by atoms with van der Waals surface area (Å²) in [7, 11) is 0. The maximum atomic E-state index is 11.0. The van der Waals surface area contributed by atoms with Gasteiger partial charge in [-0.25, -0.2) is 0 Å². The molecular formula is C16H13NO2. The Morgan fingerprint density at radius 1 is 1.05 bits per heavy atom. The van der Waals surface area contributed by atoms with Crippen molar-refractivity contribution in [1.82, 2.24) is 0 Å². The molecule has 3 nitrogen and oxygen atoms in total. The van der Waals surface area contributed by atoms with Crippen LogP contribution in [0, 0.1) is 11.3 Å². The molecular weight excluding hydrogens is 238 g/mol. The lowest BCUT2D eigenvalue weighted by molar-refractivity contribution is -0.116. The summed E-state index contributed by atoms with van der Waals surface area (Å²) >= 11 is 0. The molecule has 0 saturated heterocycles. The van der Waals surface area contributed by atoms with Gasteiger partial charge in [0.2, 0.25) is 0 Å². The Morgan fingerprint density at radius 2 is 1.58 bits per heavy atom. The molecule has 0 bridgehead atoms. The van der Waals surface area contributed by atoms with Crippen molar-refractivity contribution in [3.8, 4) is 17.6 Å². The normalized spacial score (nSPS) is 9.68. The molecule has 0 aromatic heterocycles. The average molecular weight is 251 g/mol. The Labute approximate surface area is 112 Å². The molecule has 0 saturated carbocycles. The van der Waals surface area contributed by atoms with Crippen LogP contribution in [-0.4, -0.2) is 5.78 Å². The minimum Gasteiger partial charge on any atom is -0.457 e. The summed E-state index contributed by atoms with van der Waals surface area (Å²) in [6, 6.07) is 16.4. The van der Waals surface area contributed by atoms with E-state index in [-0.39, 0.29) is 5.78 Å². The van der Waals surface area contributed by atoms with Crippen molar-refractivity contribution in [3.05, 3.63) is 59.7 Å². The predicted molar refractivity (Wildman–Crippen MR) is 72.1 cm³/mol. The maximum Gasteiger partial charge on any atom is 0.134 e. The molecule has 0 atom stereocenters. The van der Waals surface area contributed by atoms with Crippen molar-refractivity contribution >= 4 is 5.78 Å². The number of hydrogen-bond donors (Lipinski definition) is 0. The summed E-state index contributed by atoms with van der Waals surface area (Å²) in [5.74, 6) is 1.52. The van der Waals surface area contributed by atoms with Crippen molar-refractivity contribution in [2.75, 3.05) is 0 Å². The number of rotatable bonds is 4. The Morgan fingerprint density at radius 3 is 2.05 bits per heavy atom. The monoisotopic (exact) mass is 251 g/mol. The van der Waals surface area contributed by atoms with E-state index in [9.17, 15) is 4.79 Å². The van der Waals surface area contributed by atoms with E-state index in [0.29, 0.717) is 23.5 Å². The number of ether oxygens (including phenoxy) is 1. The van der Waals surface area contributed by atoms with Crippen molar-refractivity contribution in [2.24, 2.45) is 0 Å². The van der Waals surface area contributed by atoms with Crippen LogP contribution < -0.4 is 4.74 Å². The molecule has 0 unspecified atom stereocenters. The molecule has 2 aromatic rings. The highest BCUT2D eigenvalue weighted by molar-refractivity contribution is 5.78. The molecule has 0 aliphatic rings. The van der Waals surface area contributed by atoms with E-state index < -0.39 is 0 Å². The number of nitriles is 1. The third kappa shape index (κ3) is 3.68. The first-order valence-electron chi connectivity index (χ1n) is 5.94. The Balaban J connectivity index is 2.06. The second kappa shape index (κ2) is 5.83. The standard InChI is InChI=1S/C16H13NO2/c1-12(18)10-13-2-6-15(7-3-13)19-16-8-4-14(11-17)5-9-16/h2-9H,10H2,1H3. The molecule has 0 heterocycles. The second-order valence-electron chi connectivity index (χ2n) is 4.26. The van der Waals surface area contributed by atoms with Crippen molar-refractivity contribution in [2.45, 2.75) is 13.3 Å². The highest BCUT2D eigenvalue weighted by Gasteiger charge is 2.00. The van der Waals surface area contributed by atoms with Crippen LogP contribution in [-0.2, 0) is 11.2 Å². The van der Waals surface area contributed by atoms with Crippen LogP contribution in [0.2, 0.25) is 0 Å². The lowest BCUT2D eigenvalue weighted by atomic mass is 10.1. The van der Waals surface area contributed by atoms with Crippen LogP contribution in [0.1, 0.15) is 18.1 Å². The number of Topliss-reactive ketones (excluding diaryl/α,β-unsaturated/α-hetero) is 1. The molecule has 0 aliphatic heterocycles. The smallest absolute Gasteiger partial charge is 0.134 e. The molecule has 0 amide bonds. The lowest BCUT2D eigenvalue weighted by Crippen LogP contribution is -1.95. The largest absolute Gasteiger partial charge is 0.457 e. The molecule has 94 valence electrons. The zero-order valence-corrected chi connectivity index (χ0v) is 10.6. The minimum atomic E-state index is 0.140. The quantitative estimate of drug-likeness (QED) is 0.835. The van der Waals surface area contributed by atoms with Gasteiger partial charge in [-0.2, -0.15) is 5.26 Å². The SMILES string of the molecule is CC(=O)Cc1ccc(Oc2ccc(C#N)cc2)cc1. The summed E-state index contributed by atoms with van der Waals surface area (Å²) in [4.78, 5) is 11.0. The van der Waals surface area contributed by atoms with Gasteiger partial charge in [0, 0.05) is 6.42 Å². The van der Waals surface area contributed by atoms with Crippen LogP contribution in [0.4, 0.5) is 0 Å². The number of ketones is 1. The fourth-order valence-electron chi connectivity index (χ4n) is 1.70. The first-order valence-corrected chi connectivity index (χ1v) is 5.94. The summed E-state index contributed by atoms with van der Waals surface area (Å²) in [6.45, 7) is 1.57. The van der Waals surface area contributed by atoms with Gasteiger partial charge in [-0.1, -0.05) is 12.1 Å². The van der Waals surface area contributed by atoms with E-state index in [1.165, 1.54) is 0 Å². The highest BCUT2D eigenvalue weighted by Crippen LogP contribution is 2.22. The molecule has 0 aliphatic carbocycles. The third-order valence-corrected chi connectivity index (χ3v) is 2.60. The third-order valence-electron chi connectivity index (χ3n) is 2.60. The molecule has 0 fully saturated rings. The molecule has 19 heavy (non-hydrogen) atoms. The fraction of sp³-hybridized carbons (Fsp3) is 0.125. The number of hydrogen-bond acceptors (Lipinski definition) is 3. The first-order chi connectivity index (χ1) is 9.17. The Bertz CT molecular complexity index is 607. The van der Waals surface area contributed by atoms with Crippen molar-refractivity contribution in [3.63, 3.8) is 0 Å². The number of carbonyl (C=O) groups excluding carboxylic acids is 1. The van der Waals surface area contributed by atoms with Crippen molar-refractivity contribution < 1.29 is 9.53 Å². The van der Waals surface area contributed by atoms with E-state index in [2.05, 4.69) is 6.07 Å². The maximum absolute atomic E-state index is 11.0. The van der Waals surface area contributed by atoms with Gasteiger partial charge in [-0.3, -0.25) is 4.79 Å². The highest BCUT2D eigenvalue weighted by atomic mass is 16.5. The van der Waals surface area contributed by atoms with Crippen LogP contribution in [0.5, 0.6) is 11.5 Å². The van der Waals surface area contributed by atoms with E-state index >= 15 is 0 Å². The van der Waals surface area contributed by atoms with Crippen LogP contribution in [0.25, 0.3) is 0 Å². The summed E-state index contributed by atoms with van der Waals surface area (Å²) in [6.07, 6.45) is 0.442. The van der Waals surface area contributed by atoms with Crippen LogP contribution >= 0.6 is 0 Å². The average Bonchev–Trinajstić information content (AvgIpc) is 2.41. The van der Waals surface area contributed by atoms with Gasteiger partial charge in [0.25, 0.3) is 0 Å². The number of carbonyl (C=O) groups is 1. The van der Waals surface area contributed by atoms with Crippen molar-refractivity contribution in [1.29, 1.82) is 5.26 Å². The molecule has 0 radical (unpaired) electrons. The van der Waals surface area contributed by atoms with Gasteiger partial charge in [-0.05, 0) is 48.9 Å². The minimum absolute atomic E-state index is 0.140. The Hall–Kier alpha value is -2.60. The zero-order valence-electron chi connectivity index (χ0n) is 10.6. The van der Waals surface area contributed by atoms with E-state index in [1.807, 2.05) is 24.3 Å². The molecule has 3 heteroatoms. The van der Waals surface area contributed by atoms with E-state index in [1.54, 1.807) is 31.2 Å². The first kappa shape index (κ1) is 12.8. The van der Waals surface area contributed by atoms with Crippen LogP contribution in [0.15, 0.2) is 48.5 Å². The van der Waals surface area contributed by atoms with Crippen LogP contribution in [0.3, 0.4) is 0 Å². The van der Waals surface area contributed by atoms with Gasteiger partial charge < -0.3 is 4.74 Å². The fourth-order valence-corrected chi connectivity index (χ4v) is 1.70. The Kier molecular flexibility index (Phi) is 3.94. The topological polar surface area (TPSA) is 50.1 Å². The van der Waals surface area contributed by atoms with Gasteiger partial charge in [0.05, 0.1) is 11.6 Å². The summed E-state index contributed by atoms with van der Waals surface area (Å²) < 4.78 is 5.64. The lowest BCUT2D eigenvalue weighted by Gasteiger charge is -2.06. The summed E-state index contributed by atoms with van der Waals surface area (Å²) in [5, 5.41) is 8.70. The van der Waals surface area contributed by atoms with E-state index in [4.69, 9.17) is 10.00 Å². The zero-order chi connectivity index (χ0) is 13.7. The molecule has 2 rings (SSSR count). The van der Waals surface area contributed by atoms with Gasteiger partial charge in [0.1, 0.15) is 17.3 Å². The number of nitrogens with zero attached hydrogens (tertiary/aromatic N) is 1. The predicted octanol–water partition coefficient (Wildman–Crippen LogP) is 3.48. The molecule has 0 N–H and O–H groups in total. The summed E-state index contributed by atoms with van der Waals surface area (Å²) in [5.41, 5.74) is 1.57. The van der Waals surface area contributed by atoms with Gasteiger partial charge in [-0.15, -0.1) is 0 Å². The van der Waals surface area contributed by atoms with Gasteiger partial charge >= 0.3 is 0 Å².